The van der Waals surface area contributed by atoms with Crippen LogP contribution in [0, 0.1) is 0 Å². The zero-order valence-corrected chi connectivity index (χ0v) is 13.4. The minimum absolute atomic E-state index is 0.248. The lowest BCUT2D eigenvalue weighted by molar-refractivity contribution is 0.573. The molecule has 102 valence electrons. The topological polar surface area (TPSA) is 37.8 Å². The Kier molecular flexibility index (Phi) is 4.10. The van der Waals surface area contributed by atoms with Gasteiger partial charge in [0.05, 0.1) is 11.6 Å². The van der Waals surface area contributed by atoms with Gasteiger partial charge in [-0.15, -0.1) is 11.3 Å². The van der Waals surface area contributed by atoms with Crippen LogP contribution in [-0.2, 0) is 6.54 Å². The Bertz CT molecular complexity index is 712. The second kappa shape index (κ2) is 5.99. The van der Waals surface area contributed by atoms with Crippen LogP contribution in [0.1, 0.15) is 23.5 Å². The SMILES string of the molecule is CC(NCc1ccc(Br)c2cccnc12)c1nccs1. The fourth-order valence-electron chi connectivity index (χ4n) is 2.14. The van der Waals surface area contributed by atoms with Gasteiger partial charge in [-0.25, -0.2) is 4.98 Å². The molecular formula is C15H14BrN3S. The number of hydrogen-bond donors (Lipinski definition) is 1. The van der Waals surface area contributed by atoms with Gasteiger partial charge in [0.1, 0.15) is 5.01 Å². The Hall–Kier alpha value is -1.30. The van der Waals surface area contributed by atoms with Crippen LogP contribution in [-0.4, -0.2) is 9.97 Å². The van der Waals surface area contributed by atoms with E-state index in [1.54, 1.807) is 11.3 Å². The number of hydrogen-bond acceptors (Lipinski definition) is 4. The summed E-state index contributed by atoms with van der Waals surface area (Å²) < 4.78 is 1.08. The molecular weight excluding hydrogens is 334 g/mol. The summed E-state index contributed by atoms with van der Waals surface area (Å²) in [7, 11) is 0. The lowest BCUT2D eigenvalue weighted by Crippen LogP contribution is -2.18. The molecule has 0 saturated carbocycles. The van der Waals surface area contributed by atoms with Gasteiger partial charge in [-0.3, -0.25) is 4.98 Å². The van der Waals surface area contributed by atoms with Gasteiger partial charge in [-0.2, -0.15) is 0 Å². The monoisotopic (exact) mass is 347 g/mol. The third-order valence-electron chi connectivity index (χ3n) is 3.22. The zero-order chi connectivity index (χ0) is 13.9. The average molecular weight is 348 g/mol. The highest BCUT2D eigenvalue weighted by molar-refractivity contribution is 9.10. The van der Waals surface area contributed by atoms with E-state index in [4.69, 9.17) is 0 Å². The van der Waals surface area contributed by atoms with Crippen molar-refractivity contribution in [2.24, 2.45) is 0 Å². The summed E-state index contributed by atoms with van der Waals surface area (Å²) in [6, 6.07) is 8.48. The average Bonchev–Trinajstić information content (AvgIpc) is 3.01. The minimum atomic E-state index is 0.248. The Morgan fingerprint density at radius 3 is 2.95 bits per heavy atom. The normalized spacial score (nSPS) is 12.7. The standard InChI is InChI=1S/C15H14BrN3S/c1-10(15-18-7-8-20-15)19-9-11-4-5-13(16)12-3-2-6-17-14(11)12/h2-8,10,19H,9H2,1H3. The summed E-state index contributed by atoms with van der Waals surface area (Å²) in [6.45, 7) is 2.91. The lowest BCUT2D eigenvalue weighted by Gasteiger charge is -2.13. The number of nitrogens with zero attached hydrogens (tertiary/aromatic N) is 2. The van der Waals surface area contributed by atoms with Crippen LogP contribution in [0.3, 0.4) is 0 Å². The summed E-state index contributed by atoms with van der Waals surface area (Å²) in [6.07, 6.45) is 3.68. The van der Waals surface area contributed by atoms with Crippen molar-refractivity contribution >= 4 is 38.2 Å². The van der Waals surface area contributed by atoms with Crippen molar-refractivity contribution in [1.82, 2.24) is 15.3 Å². The third-order valence-corrected chi connectivity index (χ3v) is 4.87. The molecule has 0 aliphatic carbocycles. The highest BCUT2D eigenvalue weighted by Crippen LogP contribution is 2.25. The van der Waals surface area contributed by atoms with Gasteiger partial charge in [0, 0.05) is 34.2 Å². The van der Waals surface area contributed by atoms with Gasteiger partial charge >= 0.3 is 0 Å². The van der Waals surface area contributed by atoms with E-state index in [0.29, 0.717) is 0 Å². The van der Waals surface area contributed by atoms with Gasteiger partial charge in [0.15, 0.2) is 0 Å². The first kappa shape index (κ1) is 13.7. The molecule has 20 heavy (non-hydrogen) atoms. The second-order valence-corrected chi connectivity index (χ2v) is 6.36. The highest BCUT2D eigenvalue weighted by atomic mass is 79.9. The first-order chi connectivity index (χ1) is 9.75. The maximum Gasteiger partial charge on any atom is 0.109 e. The molecule has 1 N–H and O–H groups in total. The molecule has 1 atom stereocenters. The number of halogens is 1. The first-order valence-electron chi connectivity index (χ1n) is 6.40. The van der Waals surface area contributed by atoms with E-state index in [9.17, 15) is 0 Å². The van der Waals surface area contributed by atoms with Crippen LogP contribution in [0.5, 0.6) is 0 Å². The Labute approximate surface area is 130 Å². The van der Waals surface area contributed by atoms with E-state index in [-0.39, 0.29) is 6.04 Å². The summed E-state index contributed by atoms with van der Waals surface area (Å²) in [5.41, 5.74) is 2.24. The van der Waals surface area contributed by atoms with Crippen molar-refractivity contribution in [1.29, 1.82) is 0 Å². The molecule has 1 unspecified atom stereocenters. The van der Waals surface area contributed by atoms with Crippen LogP contribution < -0.4 is 5.32 Å². The Morgan fingerprint density at radius 2 is 2.15 bits per heavy atom. The largest absolute Gasteiger partial charge is 0.304 e. The lowest BCUT2D eigenvalue weighted by atomic mass is 10.1. The molecule has 0 aliphatic heterocycles. The van der Waals surface area contributed by atoms with Crippen LogP contribution in [0.2, 0.25) is 0 Å². The summed E-state index contributed by atoms with van der Waals surface area (Å²) >= 11 is 5.25. The molecule has 0 spiro atoms. The maximum absolute atomic E-state index is 4.50. The van der Waals surface area contributed by atoms with Crippen LogP contribution >= 0.6 is 27.3 Å². The number of nitrogens with one attached hydrogen (secondary N) is 1. The quantitative estimate of drug-likeness (QED) is 0.764. The molecule has 0 aliphatic rings. The predicted octanol–water partition coefficient (Wildman–Crippen LogP) is 4.30. The van der Waals surface area contributed by atoms with Crippen molar-refractivity contribution in [3.63, 3.8) is 0 Å². The molecule has 3 nitrogen and oxygen atoms in total. The highest BCUT2D eigenvalue weighted by Gasteiger charge is 2.09. The van der Waals surface area contributed by atoms with Crippen LogP contribution in [0.25, 0.3) is 10.9 Å². The summed E-state index contributed by atoms with van der Waals surface area (Å²) in [5, 5.41) is 7.77. The predicted molar refractivity (Wildman–Crippen MR) is 86.8 cm³/mol. The van der Waals surface area contributed by atoms with E-state index in [0.717, 1.165) is 26.9 Å². The van der Waals surface area contributed by atoms with Crippen LogP contribution in [0.15, 0.2) is 46.5 Å². The van der Waals surface area contributed by atoms with Crippen molar-refractivity contribution < 1.29 is 0 Å². The fourth-order valence-corrected chi connectivity index (χ4v) is 3.26. The fraction of sp³-hybridized carbons (Fsp3) is 0.200. The van der Waals surface area contributed by atoms with Gasteiger partial charge in [-0.05, 0) is 24.6 Å². The molecule has 0 amide bonds. The van der Waals surface area contributed by atoms with E-state index in [1.165, 1.54) is 5.56 Å². The smallest absolute Gasteiger partial charge is 0.109 e. The van der Waals surface area contributed by atoms with Gasteiger partial charge in [-0.1, -0.05) is 28.1 Å². The molecule has 0 bridgehead atoms. The summed E-state index contributed by atoms with van der Waals surface area (Å²) in [4.78, 5) is 8.84. The number of pyridine rings is 1. The number of thiazole rings is 1. The van der Waals surface area contributed by atoms with Crippen LogP contribution in [0.4, 0.5) is 0 Å². The molecule has 3 aromatic rings. The molecule has 0 radical (unpaired) electrons. The molecule has 5 heteroatoms. The Balaban J connectivity index is 1.83. The molecule has 0 saturated heterocycles. The third kappa shape index (κ3) is 2.75. The minimum Gasteiger partial charge on any atom is -0.304 e. The van der Waals surface area contributed by atoms with E-state index >= 15 is 0 Å². The Morgan fingerprint density at radius 1 is 1.25 bits per heavy atom. The van der Waals surface area contributed by atoms with Gasteiger partial charge in [0.2, 0.25) is 0 Å². The maximum atomic E-state index is 4.50. The zero-order valence-electron chi connectivity index (χ0n) is 11.0. The number of rotatable bonds is 4. The molecule has 1 aromatic carbocycles. The number of benzene rings is 1. The number of aromatic nitrogens is 2. The summed E-state index contributed by atoms with van der Waals surface area (Å²) in [5.74, 6) is 0. The van der Waals surface area contributed by atoms with Crippen molar-refractivity contribution in [3.8, 4) is 0 Å². The molecule has 0 fully saturated rings. The number of fused-ring (bicyclic) bond motifs is 1. The molecule has 2 heterocycles. The van der Waals surface area contributed by atoms with Gasteiger partial charge < -0.3 is 5.32 Å². The van der Waals surface area contributed by atoms with E-state index < -0.39 is 0 Å². The van der Waals surface area contributed by atoms with Gasteiger partial charge in [0.25, 0.3) is 0 Å². The second-order valence-electron chi connectivity index (χ2n) is 4.58. The van der Waals surface area contributed by atoms with E-state index in [1.807, 2.05) is 23.8 Å². The van der Waals surface area contributed by atoms with Crippen molar-refractivity contribution in [3.05, 3.63) is 57.1 Å². The first-order valence-corrected chi connectivity index (χ1v) is 8.08. The van der Waals surface area contributed by atoms with E-state index in [2.05, 4.69) is 56.3 Å². The molecule has 3 rings (SSSR count). The van der Waals surface area contributed by atoms with Crippen molar-refractivity contribution in [2.45, 2.75) is 19.5 Å². The molecule has 2 aromatic heterocycles. The van der Waals surface area contributed by atoms with Crippen molar-refractivity contribution in [2.75, 3.05) is 0 Å².